The van der Waals surface area contributed by atoms with Gasteiger partial charge in [-0.25, -0.2) is 4.98 Å². The van der Waals surface area contributed by atoms with Crippen molar-refractivity contribution in [3.63, 3.8) is 0 Å². The zero-order valence-electron chi connectivity index (χ0n) is 13.1. The maximum Gasteiger partial charge on any atom is 0.251 e. The van der Waals surface area contributed by atoms with Crippen LogP contribution < -0.4 is 5.32 Å². The zero-order chi connectivity index (χ0) is 16.8. The number of halogens is 1. The van der Waals surface area contributed by atoms with Crippen molar-refractivity contribution in [1.29, 1.82) is 0 Å². The lowest BCUT2D eigenvalue weighted by Gasteiger charge is -2.07. The van der Waals surface area contributed by atoms with Crippen molar-refractivity contribution in [2.24, 2.45) is 0 Å². The summed E-state index contributed by atoms with van der Waals surface area (Å²) >= 11 is 5.85. The van der Waals surface area contributed by atoms with E-state index in [1.165, 1.54) is 0 Å². The molecule has 24 heavy (non-hydrogen) atoms. The Morgan fingerprint density at radius 3 is 2.75 bits per heavy atom. The van der Waals surface area contributed by atoms with Crippen molar-refractivity contribution >= 4 is 17.5 Å². The van der Waals surface area contributed by atoms with Gasteiger partial charge in [-0.3, -0.25) is 9.48 Å². The van der Waals surface area contributed by atoms with Crippen molar-refractivity contribution < 1.29 is 4.79 Å². The van der Waals surface area contributed by atoms with Gasteiger partial charge >= 0.3 is 0 Å². The number of benzene rings is 1. The van der Waals surface area contributed by atoms with Gasteiger partial charge in [-0.2, -0.15) is 5.10 Å². The molecule has 0 fully saturated rings. The van der Waals surface area contributed by atoms with Crippen molar-refractivity contribution in [2.75, 3.05) is 6.54 Å². The Bertz CT molecular complexity index is 780. The van der Waals surface area contributed by atoms with E-state index in [-0.39, 0.29) is 5.91 Å². The standard InChI is InChI=1S/C17H18ClN5O/c18-16-10-21-23(12-16)11-14-2-4-15(5-3-14)17(24)20-6-1-8-22-9-7-19-13-22/h2-5,7,9-10,12-13H,1,6,8,11H2,(H,20,24). The highest BCUT2D eigenvalue weighted by atomic mass is 35.5. The second kappa shape index (κ2) is 7.79. The molecule has 0 aliphatic carbocycles. The van der Waals surface area contributed by atoms with E-state index in [0.717, 1.165) is 18.5 Å². The van der Waals surface area contributed by atoms with Gasteiger partial charge in [-0.1, -0.05) is 23.7 Å². The minimum atomic E-state index is -0.0608. The molecular weight excluding hydrogens is 326 g/mol. The Morgan fingerprint density at radius 1 is 1.25 bits per heavy atom. The molecule has 0 saturated carbocycles. The van der Waals surface area contributed by atoms with Gasteiger partial charge < -0.3 is 9.88 Å². The Morgan fingerprint density at radius 2 is 2.08 bits per heavy atom. The fourth-order valence-electron chi connectivity index (χ4n) is 2.36. The molecule has 0 unspecified atom stereocenters. The molecule has 3 aromatic rings. The minimum absolute atomic E-state index is 0.0608. The van der Waals surface area contributed by atoms with Crippen LogP contribution in [-0.4, -0.2) is 31.8 Å². The number of carbonyl (C=O) groups is 1. The number of aryl methyl sites for hydroxylation is 1. The number of nitrogens with zero attached hydrogens (tertiary/aromatic N) is 4. The summed E-state index contributed by atoms with van der Waals surface area (Å²) in [6, 6.07) is 7.50. The summed E-state index contributed by atoms with van der Waals surface area (Å²) in [6.07, 6.45) is 9.66. The highest BCUT2D eigenvalue weighted by molar-refractivity contribution is 6.30. The zero-order valence-corrected chi connectivity index (χ0v) is 13.9. The predicted octanol–water partition coefficient (Wildman–Crippen LogP) is 2.60. The van der Waals surface area contributed by atoms with E-state index in [2.05, 4.69) is 15.4 Å². The molecule has 1 N–H and O–H groups in total. The third-order valence-electron chi connectivity index (χ3n) is 3.60. The first kappa shape index (κ1) is 16.3. The minimum Gasteiger partial charge on any atom is -0.352 e. The third-order valence-corrected chi connectivity index (χ3v) is 3.80. The summed E-state index contributed by atoms with van der Waals surface area (Å²) in [7, 11) is 0. The normalized spacial score (nSPS) is 10.7. The van der Waals surface area contributed by atoms with E-state index >= 15 is 0 Å². The van der Waals surface area contributed by atoms with E-state index in [9.17, 15) is 4.79 Å². The van der Waals surface area contributed by atoms with Gasteiger partial charge in [0.05, 0.1) is 24.1 Å². The lowest BCUT2D eigenvalue weighted by molar-refractivity contribution is 0.0952. The molecule has 124 valence electrons. The van der Waals surface area contributed by atoms with Gasteiger partial charge in [-0.15, -0.1) is 0 Å². The lowest BCUT2D eigenvalue weighted by Crippen LogP contribution is -2.25. The van der Waals surface area contributed by atoms with E-state index < -0.39 is 0 Å². The maximum absolute atomic E-state index is 12.1. The molecule has 0 bridgehead atoms. The number of aromatic nitrogens is 4. The molecule has 3 rings (SSSR count). The van der Waals surface area contributed by atoms with Gasteiger partial charge in [0.2, 0.25) is 0 Å². The lowest BCUT2D eigenvalue weighted by atomic mass is 10.1. The monoisotopic (exact) mass is 343 g/mol. The molecule has 6 nitrogen and oxygen atoms in total. The Hall–Kier alpha value is -2.60. The number of carbonyl (C=O) groups excluding carboxylic acids is 1. The number of amides is 1. The summed E-state index contributed by atoms with van der Waals surface area (Å²) in [5.74, 6) is -0.0608. The van der Waals surface area contributed by atoms with Crippen LogP contribution in [0.15, 0.2) is 55.4 Å². The molecule has 0 aliphatic rings. The quantitative estimate of drug-likeness (QED) is 0.671. The first-order valence-corrected chi connectivity index (χ1v) is 8.09. The number of imidazole rings is 1. The molecule has 0 saturated heterocycles. The fraction of sp³-hybridized carbons (Fsp3) is 0.235. The second-order valence-electron chi connectivity index (χ2n) is 5.46. The molecular formula is C17H18ClN5O. The largest absolute Gasteiger partial charge is 0.352 e. The first-order valence-electron chi connectivity index (χ1n) is 7.71. The second-order valence-corrected chi connectivity index (χ2v) is 5.90. The number of rotatable bonds is 7. The van der Waals surface area contributed by atoms with Crippen LogP contribution in [0.25, 0.3) is 0 Å². The van der Waals surface area contributed by atoms with E-state index in [1.807, 2.05) is 35.0 Å². The molecule has 1 amide bonds. The molecule has 0 radical (unpaired) electrons. The Balaban J connectivity index is 1.46. The van der Waals surface area contributed by atoms with Crippen LogP contribution in [0.3, 0.4) is 0 Å². The average Bonchev–Trinajstić information content (AvgIpc) is 3.24. The summed E-state index contributed by atoms with van der Waals surface area (Å²) < 4.78 is 3.75. The van der Waals surface area contributed by atoms with Crippen molar-refractivity contribution in [3.05, 3.63) is 71.5 Å². The SMILES string of the molecule is O=C(NCCCn1ccnc1)c1ccc(Cn2cc(Cl)cn2)cc1. The summed E-state index contributed by atoms with van der Waals surface area (Å²) in [4.78, 5) is 16.1. The van der Waals surface area contributed by atoms with Crippen LogP contribution in [0.1, 0.15) is 22.3 Å². The van der Waals surface area contributed by atoms with Crippen molar-refractivity contribution in [1.82, 2.24) is 24.6 Å². The van der Waals surface area contributed by atoms with Gasteiger partial charge in [0.1, 0.15) is 0 Å². The van der Waals surface area contributed by atoms with Crippen molar-refractivity contribution in [2.45, 2.75) is 19.5 Å². The highest BCUT2D eigenvalue weighted by Gasteiger charge is 2.05. The number of hydrogen-bond donors (Lipinski definition) is 1. The molecule has 7 heteroatoms. The molecule has 1 aromatic carbocycles. The molecule has 0 spiro atoms. The van der Waals surface area contributed by atoms with E-state index in [4.69, 9.17) is 11.6 Å². The van der Waals surface area contributed by atoms with Crippen LogP contribution in [0, 0.1) is 0 Å². The summed E-state index contributed by atoms with van der Waals surface area (Å²) in [5.41, 5.74) is 1.71. The average molecular weight is 344 g/mol. The summed E-state index contributed by atoms with van der Waals surface area (Å²) in [6.45, 7) is 2.09. The molecule has 0 aliphatic heterocycles. The fourth-order valence-corrected chi connectivity index (χ4v) is 2.51. The van der Waals surface area contributed by atoms with Crippen LogP contribution in [0.2, 0.25) is 5.02 Å². The maximum atomic E-state index is 12.1. The number of nitrogens with one attached hydrogen (secondary N) is 1. The van der Waals surface area contributed by atoms with Crippen LogP contribution in [0.4, 0.5) is 0 Å². The number of hydrogen-bond acceptors (Lipinski definition) is 3. The third kappa shape index (κ3) is 4.45. The van der Waals surface area contributed by atoms with Gasteiger partial charge in [0, 0.05) is 37.2 Å². The predicted molar refractivity (Wildman–Crippen MR) is 92.0 cm³/mol. The van der Waals surface area contributed by atoms with Gasteiger partial charge in [0.25, 0.3) is 5.91 Å². The summed E-state index contributed by atoms with van der Waals surface area (Å²) in [5, 5.41) is 7.68. The Labute approximate surface area is 145 Å². The molecule has 0 atom stereocenters. The molecule has 2 aromatic heterocycles. The topological polar surface area (TPSA) is 64.7 Å². The first-order chi connectivity index (χ1) is 11.7. The van der Waals surface area contributed by atoms with E-state index in [1.54, 1.807) is 29.6 Å². The van der Waals surface area contributed by atoms with Crippen LogP contribution >= 0.6 is 11.6 Å². The van der Waals surface area contributed by atoms with Crippen LogP contribution in [-0.2, 0) is 13.1 Å². The Kier molecular flexibility index (Phi) is 5.28. The van der Waals surface area contributed by atoms with E-state index in [0.29, 0.717) is 23.7 Å². The highest BCUT2D eigenvalue weighted by Crippen LogP contribution is 2.09. The van der Waals surface area contributed by atoms with Crippen molar-refractivity contribution in [3.8, 4) is 0 Å². The van der Waals surface area contributed by atoms with Gasteiger partial charge in [-0.05, 0) is 24.1 Å². The smallest absolute Gasteiger partial charge is 0.251 e. The molecule has 2 heterocycles. The van der Waals surface area contributed by atoms with Gasteiger partial charge in [0.15, 0.2) is 0 Å². The van der Waals surface area contributed by atoms with Crippen LogP contribution in [0.5, 0.6) is 0 Å².